The quantitative estimate of drug-likeness (QED) is 0.0693. The lowest BCUT2D eigenvalue weighted by atomic mass is 9.83. The highest BCUT2D eigenvalue weighted by Crippen LogP contribution is 2.34. The van der Waals surface area contributed by atoms with Gasteiger partial charge in [-0.15, -0.1) is 0 Å². The number of nitrogens with two attached hydrogens (primary N) is 1. The standard InChI is InChI=1S/C26H38N2.C7H16.C6H15N.C3H8S.C2H5N.C2H4O/c1-9-11-13-21(17-23(26(4,5)6)16-19(3)27-7)24-18-22-15-12-14-20(10-2)25(22)28(24)8;1-3-5-7-6-4-2;1-4-6-7(3)5-2;1-2-3-4;2*1-2-3/h12,14-18,27H,3,9-11,13H2,1-2,4-8H3;3-7H2,1-2H3;4-6H2,1-3H3;4H,2-3H2,1H3;2H,1,3H2;2H,1H3/b21-17+,23-16+;;;;;. The van der Waals surface area contributed by atoms with Crippen LogP contribution in [0.15, 0.2) is 67.0 Å². The zero-order chi connectivity index (χ0) is 41.0. The number of aromatic nitrogens is 1. The summed E-state index contributed by atoms with van der Waals surface area (Å²) in [6.07, 6.45) is 20.6. The van der Waals surface area contributed by atoms with Crippen LogP contribution >= 0.6 is 12.6 Å². The molecule has 0 atom stereocenters. The molecule has 5 nitrogen and oxygen atoms in total. The van der Waals surface area contributed by atoms with E-state index >= 15 is 0 Å². The Labute approximate surface area is 330 Å². The van der Waals surface area contributed by atoms with Crippen molar-refractivity contribution in [3.8, 4) is 0 Å². The van der Waals surface area contributed by atoms with E-state index in [2.05, 4.69) is 166 Å². The van der Waals surface area contributed by atoms with Gasteiger partial charge >= 0.3 is 0 Å². The van der Waals surface area contributed by atoms with Gasteiger partial charge in [-0.1, -0.05) is 145 Å². The van der Waals surface area contributed by atoms with Gasteiger partial charge in [0.05, 0.1) is 5.52 Å². The lowest BCUT2D eigenvalue weighted by Crippen LogP contribution is -2.17. The molecule has 0 amide bonds. The minimum atomic E-state index is 0.0520. The van der Waals surface area contributed by atoms with Crippen LogP contribution in [-0.2, 0) is 18.3 Å². The van der Waals surface area contributed by atoms with E-state index in [0.29, 0.717) is 0 Å². The zero-order valence-electron chi connectivity index (χ0n) is 36.8. The third-order valence-corrected chi connectivity index (χ3v) is 8.52. The van der Waals surface area contributed by atoms with Crippen molar-refractivity contribution in [3.05, 3.63) is 78.3 Å². The Bertz CT molecular complexity index is 1190. The molecular weight excluding hydrogens is 657 g/mol. The molecular formula is C46H86N4OS. The van der Waals surface area contributed by atoms with Gasteiger partial charge in [-0.25, -0.2) is 0 Å². The molecule has 0 aliphatic rings. The minimum Gasteiger partial charge on any atom is -0.405 e. The number of benzene rings is 1. The monoisotopic (exact) mass is 743 g/mol. The number of nitrogens with one attached hydrogen (secondary N) is 1. The van der Waals surface area contributed by atoms with Crippen LogP contribution in [0.2, 0.25) is 0 Å². The fraction of sp³-hybridized carbons (Fsp3) is 0.630. The normalized spacial score (nSPS) is 10.8. The van der Waals surface area contributed by atoms with E-state index in [1.807, 2.05) is 7.05 Å². The Balaban J connectivity index is -0.000000389. The van der Waals surface area contributed by atoms with Crippen molar-refractivity contribution in [1.29, 1.82) is 0 Å². The molecule has 0 saturated carbocycles. The van der Waals surface area contributed by atoms with Crippen LogP contribution in [0.5, 0.6) is 0 Å². The zero-order valence-corrected chi connectivity index (χ0v) is 37.7. The number of hydrogen-bond acceptors (Lipinski definition) is 5. The fourth-order valence-corrected chi connectivity index (χ4v) is 4.87. The molecule has 0 radical (unpaired) electrons. The van der Waals surface area contributed by atoms with Crippen molar-refractivity contribution in [3.63, 3.8) is 0 Å². The van der Waals surface area contributed by atoms with Crippen molar-refractivity contribution in [2.75, 3.05) is 32.9 Å². The highest BCUT2D eigenvalue weighted by atomic mass is 32.1. The summed E-state index contributed by atoms with van der Waals surface area (Å²) in [5.41, 5.74) is 12.4. The van der Waals surface area contributed by atoms with Crippen molar-refractivity contribution in [1.82, 2.24) is 14.8 Å². The van der Waals surface area contributed by atoms with Crippen molar-refractivity contribution < 1.29 is 4.79 Å². The molecule has 0 aliphatic carbocycles. The Hall–Kier alpha value is -2.70. The van der Waals surface area contributed by atoms with Gasteiger partial charge in [-0.3, -0.25) is 0 Å². The largest absolute Gasteiger partial charge is 0.405 e. The summed E-state index contributed by atoms with van der Waals surface area (Å²) in [7, 11) is 6.28. The maximum Gasteiger partial charge on any atom is 0.116 e. The van der Waals surface area contributed by atoms with Crippen LogP contribution < -0.4 is 11.1 Å². The van der Waals surface area contributed by atoms with E-state index in [1.54, 1.807) is 0 Å². The summed E-state index contributed by atoms with van der Waals surface area (Å²) >= 11 is 3.92. The lowest BCUT2D eigenvalue weighted by Gasteiger charge is -2.23. The minimum absolute atomic E-state index is 0.0520. The van der Waals surface area contributed by atoms with E-state index in [1.165, 1.54) is 117 Å². The van der Waals surface area contributed by atoms with Crippen LogP contribution in [0, 0.1) is 5.41 Å². The van der Waals surface area contributed by atoms with Gasteiger partial charge in [-0.2, -0.15) is 12.6 Å². The van der Waals surface area contributed by atoms with Crippen LogP contribution in [0.4, 0.5) is 0 Å². The first kappa shape index (κ1) is 56.0. The summed E-state index contributed by atoms with van der Waals surface area (Å²) in [4.78, 5) is 11.1. The number of likely N-dealkylation sites (N-methyl/N-ethyl adjacent to an activating group) is 1. The van der Waals surface area contributed by atoms with Crippen molar-refractivity contribution in [2.24, 2.45) is 18.2 Å². The van der Waals surface area contributed by atoms with Crippen LogP contribution in [0.1, 0.15) is 152 Å². The number of thiol groups is 1. The fourth-order valence-electron chi connectivity index (χ4n) is 4.87. The number of aldehydes is 1. The summed E-state index contributed by atoms with van der Waals surface area (Å²) in [5.74, 6) is 1.01. The number of nitrogens with zero attached hydrogens (tertiary/aromatic N) is 2. The number of carbonyl (C=O) groups is 1. The van der Waals surface area contributed by atoms with Gasteiger partial charge in [0.15, 0.2) is 0 Å². The second kappa shape index (κ2) is 38.0. The molecule has 0 aliphatic heterocycles. The highest BCUT2D eigenvalue weighted by Gasteiger charge is 2.18. The number of fused-ring (bicyclic) bond motifs is 1. The molecule has 3 N–H and O–H groups in total. The molecule has 6 heteroatoms. The molecule has 302 valence electrons. The predicted octanol–water partition coefficient (Wildman–Crippen LogP) is 13.0. The van der Waals surface area contributed by atoms with Gasteiger partial charge in [0.2, 0.25) is 0 Å². The Morgan fingerprint density at radius 1 is 0.942 bits per heavy atom. The van der Waals surface area contributed by atoms with E-state index in [-0.39, 0.29) is 5.41 Å². The maximum absolute atomic E-state index is 8.81. The van der Waals surface area contributed by atoms with Gasteiger partial charge in [0.1, 0.15) is 6.29 Å². The summed E-state index contributed by atoms with van der Waals surface area (Å²) in [6, 6.07) is 9.03. The lowest BCUT2D eigenvalue weighted by molar-refractivity contribution is -0.106. The molecule has 0 saturated heterocycles. The summed E-state index contributed by atoms with van der Waals surface area (Å²) in [5, 5.41) is 4.50. The van der Waals surface area contributed by atoms with Crippen molar-refractivity contribution >= 4 is 35.4 Å². The summed E-state index contributed by atoms with van der Waals surface area (Å²) in [6.45, 7) is 33.4. The molecule has 0 fully saturated rings. The molecule has 2 rings (SSSR count). The van der Waals surface area contributed by atoms with Crippen molar-refractivity contribution in [2.45, 2.75) is 147 Å². The molecule has 0 bridgehead atoms. The number of aryl methyl sites for hydroxylation is 2. The number of allylic oxidation sites excluding steroid dienone is 4. The average Bonchev–Trinajstić information content (AvgIpc) is 3.46. The molecule has 1 aromatic carbocycles. The SMILES string of the molecule is C=C(/C=C(\C=C(/CCCC)c1cc2cccc(CC)c2n1C)C(C)(C)C)NC.C=CN.CC=O.CCCCCCC.CCCN(C)CC.CCCS. The van der Waals surface area contributed by atoms with Crippen LogP contribution in [-0.4, -0.2) is 48.7 Å². The van der Waals surface area contributed by atoms with E-state index in [4.69, 9.17) is 4.79 Å². The van der Waals surface area contributed by atoms with Gasteiger partial charge in [-0.05, 0) is 105 Å². The topological polar surface area (TPSA) is 63.3 Å². The number of para-hydroxylation sites is 1. The highest BCUT2D eigenvalue weighted by molar-refractivity contribution is 7.80. The third-order valence-electron chi connectivity index (χ3n) is 8.07. The molecule has 2 aromatic rings. The van der Waals surface area contributed by atoms with Crippen LogP contribution in [0.25, 0.3) is 16.5 Å². The van der Waals surface area contributed by atoms with Gasteiger partial charge in [0.25, 0.3) is 0 Å². The first-order valence-electron chi connectivity index (χ1n) is 20.1. The summed E-state index contributed by atoms with van der Waals surface area (Å²) < 4.78 is 2.39. The maximum atomic E-state index is 8.81. The second-order valence-corrected chi connectivity index (χ2v) is 14.3. The van der Waals surface area contributed by atoms with Gasteiger partial charge < -0.3 is 25.3 Å². The smallest absolute Gasteiger partial charge is 0.116 e. The number of carbonyl (C=O) groups excluding carboxylic acids is 1. The van der Waals surface area contributed by atoms with E-state index in [9.17, 15) is 0 Å². The van der Waals surface area contributed by atoms with E-state index < -0.39 is 0 Å². The molecule has 1 aromatic heterocycles. The Morgan fingerprint density at radius 3 is 1.83 bits per heavy atom. The van der Waals surface area contributed by atoms with Crippen LogP contribution in [0.3, 0.4) is 0 Å². The molecule has 1 heterocycles. The molecule has 0 unspecified atom stereocenters. The first-order valence-corrected chi connectivity index (χ1v) is 20.7. The number of hydrogen-bond donors (Lipinski definition) is 3. The Kier molecular flexibility index (Phi) is 41.0. The first-order chi connectivity index (χ1) is 24.7. The number of rotatable bonds is 16. The molecule has 0 spiro atoms. The van der Waals surface area contributed by atoms with Gasteiger partial charge in [0, 0.05) is 30.9 Å². The number of unbranched alkanes of at least 4 members (excludes halogenated alkanes) is 5. The Morgan fingerprint density at radius 2 is 1.46 bits per heavy atom. The average molecular weight is 743 g/mol. The van der Waals surface area contributed by atoms with E-state index in [0.717, 1.165) is 30.6 Å². The third kappa shape index (κ3) is 28.8. The predicted molar refractivity (Wildman–Crippen MR) is 244 cm³/mol. The second-order valence-electron chi connectivity index (χ2n) is 13.8. The molecule has 52 heavy (non-hydrogen) atoms.